The Bertz CT molecular complexity index is 1040. The molecule has 1 unspecified atom stereocenters. The van der Waals surface area contributed by atoms with Crippen LogP contribution in [0.1, 0.15) is 24.3 Å². The standard InChI is InChI=1S/C22H22BrClN4O2/c1-14-4-6-15(7-5-14)21-26-20(30-27-21)13-28-10-2-3-16(12-28)22(29)25-17-8-9-18(23)19(24)11-17/h4-9,11,16H,2-3,10,12-13H2,1H3,(H,25,29). The van der Waals surface area contributed by atoms with Gasteiger partial charge in [0.2, 0.25) is 17.6 Å². The molecule has 156 valence electrons. The molecule has 0 saturated carbocycles. The first-order chi connectivity index (χ1) is 14.5. The molecule has 6 nitrogen and oxygen atoms in total. The molecule has 1 aliphatic rings. The highest BCUT2D eigenvalue weighted by atomic mass is 79.9. The third-order valence-electron chi connectivity index (χ3n) is 5.20. The number of carbonyl (C=O) groups excluding carboxylic acids is 1. The molecule has 2 heterocycles. The summed E-state index contributed by atoms with van der Waals surface area (Å²) in [5.74, 6) is 1.05. The molecular weight excluding hydrogens is 468 g/mol. The zero-order valence-electron chi connectivity index (χ0n) is 16.6. The lowest BCUT2D eigenvalue weighted by Crippen LogP contribution is -2.40. The van der Waals surface area contributed by atoms with Gasteiger partial charge >= 0.3 is 0 Å². The number of nitrogens with one attached hydrogen (secondary N) is 1. The number of aromatic nitrogens is 2. The maximum atomic E-state index is 12.7. The smallest absolute Gasteiger partial charge is 0.241 e. The van der Waals surface area contributed by atoms with Crippen LogP contribution in [0, 0.1) is 12.8 Å². The Balaban J connectivity index is 1.36. The number of amides is 1. The number of piperidine rings is 1. The van der Waals surface area contributed by atoms with E-state index in [2.05, 4.69) is 36.3 Å². The Kier molecular flexibility index (Phi) is 6.51. The van der Waals surface area contributed by atoms with Gasteiger partial charge in [0, 0.05) is 22.3 Å². The van der Waals surface area contributed by atoms with Crippen LogP contribution in [-0.4, -0.2) is 34.0 Å². The van der Waals surface area contributed by atoms with E-state index in [1.54, 1.807) is 6.07 Å². The van der Waals surface area contributed by atoms with E-state index in [4.69, 9.17) is 16.1 Å². The van der Waals surface area contributed by atoms with Crippen LogP contribution in [0.5, 0.6) is 0 Å². The molecule has 0 bridgehead atoms. The summed E-state index contributed by atoms with van der Waals surface area (Å²) < 4.78 is 6.25. The Morgan fingerprint density at radius 1 is 1.30 bits per heavy atom. The van der Waals surface area contributed by atoms with Crippen LogP contribution < -0.4 is 5.32 Å². The van der Waals surface area contributed by atoms with E-state index in [-0.39, 0.29) is 11.8 Å². The minimum absolute atomic E-state index is 0.00367. The monoisotopic (exact) mass is 488 g/mol. The number of benzene rings is 2. The average Bonchev–Trinajstić information content (AvgIpc) is 3.20. The van der Waals surface area contributed by atoms with Crippen molar-refractivity contribution in [3.63, 3.8) is 0 Å². The van der Waals surface area contributed by atoms with Crippen molar-refractivity contribution in [3.8, 4) is 11.4 Å². The van der Waals surface area contributed by atoms with Crippen molar-refractivity contribution in [1.29, 1.82) is 0 Å². The van der Waals surface area contributed by atoms with E-state index >= 15 is 0 Å². The number of hydrogen-bond acceptors (Lipinski definition) is 5. The Morgan fingerprint density at radius 2 is 2.10 bits per heavy atom. The summed E-state index contributed by atoms with van der Waals surface area (Å²) >= 11 is 9.48. The topological polar surface area (TPSA) is 71.3 Å². The van der Waals surface area contributed by atoms with E-state index in [0.29, 0.717) is 35.5 Å². The maximum Gasteiger partial charge on any atom is 0.241 e. The van der Waals surface area contributed by atoms with Crippen LogP contribution in [0.3, 0.4) is 0 Å². The Morgan fingerprint density at radius 3 is 2.87 bits per heavy atom. The van der Waals surface area contributed by atoms with Gasteiger partial charge in [-0.1, -0.05) is 46.6 Å². The zero-order chi connectivity index (χ0) is 21.1. The largest absolute Gasteiger partial charge is 0.338 e. The summed E-state index contributed by atoms with van der Waals surface area (Å²) in [6, 6.07) is 13.4. The lowest BCUT2D eigenvalue weighted by molar-refractivity contribution is -0.121. The van der Waals surface area contributed by atoms with Crippen LogP contribution >= 0.6 is 27.5 Å². The second kappa shape index (κ2) is 9.29. The molecule has 0 radical (unpaired) electrons. The molecule has 1 atom stereocenters. The summed E-state index contributed by atoms with van der Waals surface area (Å²) in [5, 5.41) is 7.64. The molecule has 1 aliphatic heterocycles. The SMILES string of the molecule is Cc1ccc(-c2noc(CN3CCCC(C(=O)Nc4ccc(Br)c(Cl)c4)C3)n2)cc1. The molecule has 4 rings (SSSR count). The molecule has 0 aliphatic carbocycles. The van der Waals surface area contributed by atoms with Gasteiger partial charge in [-0.25, -0.2) is 0 Å². The fraction of sp³-hybridized carbons (Fsp3) is 0.318. The van der Waals surface area contributed by atoms with Gasteiger partial charge in [0.25, 0.3) is 0 Å². The predicted octanol–water partition coefficient (Wildman–Crippen LogP) is 5.31. The van der Waals surface area contributed by atoms with Gasteiger partial charge in [-0.2, -0.15) is 4.98 Å². The number of rotatable bonds is 5. The summed E-state index contributed by atoms with van der Waals surface area (Å²) in [4.78, 5) is 19.4. The van der Waals surface area contributed by atoms with Gasteiger partial charge < -0.3 is 9.84 Å². The van der Waals surface area contributed by atoms with Crippen LogP contribution in [0.15, 0.2) is 51.5 Å². The van der Waals surface area contributed by atoms with Gasteiger partial charge in [-0.05, 0) is 60.4 Å². The average molecular weight is 490 g/mol. The highest BCUT2D eigenvalue weighted by molar-refractivity contribution is 9.10. The van der Waals surface area contributed by atoms with E-state index in [9.17, 15) is 4.79 Å². The molecule has 30 heavy (non-hydrogen) atoms. The van der Waals surface area contributed by atoms with Gasteiger partial charge in [-0.3, -0.25) is 9.69 Å². The van der Waals surface area contributed by atoms with Crippen molar-refractivity contribution in [3.05, 3.63) is 63.4 Å². The number of nitrogens with zero attached hydrogens (tertiary/aromatic N) is 3. The minimum Gasteiger partial charge on any atom is -0.338 e. The minimum atomic E-state index is -0.0966. The first-order valence-electron chi connectivity index (χ1n) is 9.86. The van der Waals surface area contributed by atoms with Crippen molar-refractivity contribution in [2.24, 2.45) is 5.92 Å². The third-order valence-corrected chi connectivity index (χ3v) is 6.43. The molecule has 3 aromatic rings. The van der Waals surface area contributed by atoms with Crippen LogP contribution in [0.4, 0.5) is 5.69 Å². The molecule has 1 fully saturated rings. The lowest BCUT2D eigenvalue weighted by Gasteiger charge is -2.30. The quantitative estimate of drug-likeness (QED) is 0.526. The second-order valence-corrected chi connectivity index (χ2v) is 8.83. The molecule has 2 aromatic carbocycles. The molecule has 1 amide bonds. The Hall–Kier alpha value is -2.22. The predicted molar refractivity (Wildman–Crippen MR) is 120 cm³/mol. The summed E-state index contributed by atoms with van der Waals surface area (Å²) in [7, 11) is 0. The van der Waals surface area contributed by atoms with Gasteiger partial charge in [0.1, 0.15) is 0 Å². The highest BCUT2D eigenvalue weighted by Crippen LogP contribution is 2.27. The van der Waals surface area contributed by atoms with E-state index in [1.165, 1.54) is 5.56 Å². The van der Waals surface area contributed by atoms with Crippen LogP contribution in [0.25, 0.3) is 11.4 Å². The van der Waals surface area contributed by atoms with Crippen LogP contribution in [-0.2, 0) is 11.3 Å². The number of halogens is 2. The first kappa shape index (κ1) is 21.0. The van der Waals surface area contributed by atoms with E-state index < -0.39 is 0 Å². The summed E-state index contributed by atoms with van der Waals surface area (Å²) in [6.45, 7) is 4.13. The molecular formula is C22H22BrClN4O2. The van der Waals surface area contributed by atoms with E-state index in [0.717, 1.165) is 29.4 Å². The van der Waals surface area contributed by atoms with Crippen molar-refractivity contribution in [2.75, 3.05) is 18.4 Å². The van der Waals surface area contributed by atoms with Crippen molar-refractivity contribution in [1.82, 2.24) is 15.0 Å². The number of anilines is 1. The second-order valence-electron chi connectivity index (χ2n) is 7.57. The van der Waals surface area contributed by atoms with Gasteiger partial charge in [0.15, 0.2) is 0 Å². The fourth-order valence-corrected chi connectivity index (χ4v) is 3.99. The molecule has 0 spiro atoms. The zero-order valence-corrected chi connectivity index (χ0v) is 18.9. The molecule has 8 heteroatoms. The normalized spacial score (nSPS) is 17.1. The van der Waals surface area contributed by atoms with Crippen molar-refractivity contribution >= 4 is 39.1 Å². The molecule has 1 N–H and O–H groups in total. The fourth-order valence-electron chi connectivity index (χ4n) is 3.56. The van der Waals surface area contributed by atoms with Crippen LogP contribution in [0.2, 0.25) is 5.02 Å². The maximum absolute atomic E-state index is 12.7. The third kappa shape index (κ3) is 5.09. The number of aryl methyl sites for hydroxylation is 1. The first-order valence-corrected chi connectivity index (χ1v) is 11.0. The number of hydrogen-bond donors (Lipinski definition) is 1. The van der Waals surface area contributed by atoms with Gasteiger partial charge in [0.05, 0.1) is 17.5 Å². The highest BCUT2D eigenvalue weighted by Gasteiger charge is 2.27. The summed E-state index contributed by atoms with van der Waals surface area (Å²) in [5.41, 5.74) is 2.81. The number of likely N-dealkylation sites (tertiary alicyclic amines) is 1. The number of carbonyl (C=O) groups is 1. The summed E-state index contributed by atoms with van der Waals surface area (Å²) in [6.07, 6.45) is 1.79. The molecule has 1 aromatic heterocycles. The van der Waals surface area contributed by atoms with Gasteiger partial charge in [-0.15, -0.1) is 0 Å². The van der Waals surface area contributed by atoms with Crippen molar-refractivity contribution < 1.29 is 9.32 Å². The van der Waals surface area contributed by atoms with Crippen molar-refractivity contribution in [2.45, 2.75) is 26.3 Å². The van der Waals surface area contributed by atoms with E-state index in [1.807, 2.05) is 43.3 Å². The molecule has 1 saturated heterocycles. The lowest BCUT2D eigenvalue weighted by atomic mass is 9.97. The Labute approximate surface area is 188 Å².